The lowest BCUT2D eigenvalue weighted by atomic mass is 10.2. The Kier molecular flexibility index (Phi) is 5.05. The Bertz CT molecular complexity index is 418. The van der Waals surface area contributed by atoms with Gasteiger partial charge in [-0.3, -0.25) is 10.1 Å². The highest BCUT2D eigenvalue weighted by Crippen LogP contribution is 2.26. The average Bonchev–Trinajstić information content (AvgIpc) is 2.26. The molecule has 0 fully saturated rings. The monoisotopic (exact) mass is 295 g/mol. The fourth-order valence-corrected chi connectivity index (χ4v) is 1.15. The van der Waals surface area contributed by atoms with E-state index in [1.165, 1.54) is 6.07 Å². The van der Waals surface area contributed by atoms with Crippen LogP contribution in [0.2, 0.25) is 0 Å². The van der Waals surface area contributed by atoms with Gasteiger partial charge >= 0.3 is 6.09 Å². The summed E-state index contributed by atoms with van der Waals surface area (Å²) in [5.74, 6) is 0. The Balaban J connectivity index is 2.53. The zero-order valence-electron chi connectivity index (χ0n) is 8.45. The highest BCUT2D eigenvalue weighted by molar-refractivity contribution is 6.67. The van der Waals surface area contributed by atoms with Crippen LogP contribution in [0.1, 0.15) is 10.4 Å². The normalized spacial score (nSPS) is 10.8. The molecule has 0 aliphatic rings. The number of nitrogens with one attached hydrogen (secondary N) is 1. The van der Waals surface area contributed by atoms with Gasteiger partial charge in [0.2, 0.25) is 3.79 Å². The van der Waals surface area contributed by atoms with Crippen LogP contribution in [-0.2, 0) is 4.74 Å². The van der Waals surface area contributed by atoms with E-state index in [0.29, 0.717) is 17.5 Å². The van der Waals surface area contributed by atoms with Crippen LogP contribution in [0.3, 0.4) is 0 Å². The third kappa shape index (κ3) is 5.77. The van der Waals surface area contributed by atoms with E-state index in [-0.39, 0.29) is 6.61 Å². The molecule has 1 N–H and O–H groups in total. The summed E-state index contributed by atoms with van der Waals surface area (Å²) in [4.78, 5) is 21.8. The number of benzene rings is 1. The second-order valence-corrected chi connectivity index (χ2v) is 5.58. The molecule has 1 rings (SSSR count). The molecule has 92 valence electrons. The van der Waals surface area contributed by atoms with Crippen molar-refractivity contribution in [3.8, 4) is 0 Å². The van der Waals surface area contributed by atoms with Crippen LogP contribution in [0.25, 0.3) is 0 Å². The van der Waals surface area contributed by atoms with E-state index in [2.05, 4.69) is 10.1 Å². The Hall–Kier alpha value is -0.970. The van der Waals surface area contributed by atoms with Crippen LogP contribution >= 0.6 is 34.8 Å². The molecule has 17 heavy (non-hydrogen) atoms. The first-order valence-corrected chi connectivity index (χ1v) is 5.60. The van der Waals surface area contributed by atoms with Crippen molar-refractivity contribution in [2.45, 2.75) is 3.79 Å². The number of anilines is 1. The van der Waals surface area contributed by atoms with Gasteiger partial charge in [-0.15, -0.1) is 0 Å². The van der Waals surface area contributed by atoms with Crippen molar-refractivity contribution in [3.63, 3.8) is 0 Å². The maximum absolute atomic E-state index is 11.3. The van der Waals surface area contributed by atoms with E-state index < -0.39 is 9.89 Å². The number of halogens is 3. The van der Waals surface area contributed by atoms with Gasteiger partial charge in [0.1, 0.15) is 12.9 Å². The molecule has 0 spiro atoms. The molecule has 1 aromatic carbocycles. The number of alkyl halides is 3. The summed E-state index contributed by atoms with van der Waals surface area (Å²) in [6.07, 6.45) is -0.1000. The Labute approximate surface area is 113 Å². The molecule has 0 aromatic heterocycles. The summed E-state index contributed by atoms with van der Waals surface area (Å²) < 4.78 is 3.00. The van der Waals surface area contributed by atoms with Gasteiger partial charge in [-0.05, 0) is 12.1 Å². The minimum atomic E-state index is -1.65. The summed E-state index contributed by atoms with van der Waals surface area (Å²) in [5, 5.41) is 2.39. The van der Waals surface area contributed by atoms with E-state index in [9.17, 15) is 9.59 Å². The zero-order valence-corrected chi connectivity index (χ0v) is 10.7. The standard InChI is InChI=1S/C10H8Cl3NO3/c11-10(12,13)6-17-9(16)14-8-3-1-2-7(4-8)5-15/h1-5H,6H2,(H,14,16). The third-order valence-electron chi connectivity index (χ3n) is 1.64. The van der Waals surface area contributed by atoms with Crippen LogP contribution in [-0.4, -0.2) is 22.8 Å². The van der Waals surface area contributed by atoms with Gasteiger partial charge in [-0.25, -0.2) is 4.79 Å². The first-order chi connectivity index (χ1) is 7.90. The molecule has 0 saturated carbocycles. The number of rotatable bonds is 3. The fraction of sp³-hybridized carbons (Fsp3) is 0.200. The van der Waals surface area contributed by atoms with Crippen molar-refractivity contribution in [2.75, 3.05) is 11.9 Å². The lowest BCUT2D eigenvalue weighted by molar-refractivity contribution is 0.112. The third-order valence-corrected chi connectivity index (χ3v) is 1.96. The number of aldehydes is 1. The number of amides is 1. The van der Waals surface area contributed by atoms with Crippen LogP contribution in [0.5, 0.6) is 0 Å². The molecule has 0 bridgehead atoms. The van der Waals surface area contributed by atoms with Crippen molar-refractivity contribution < 1.29 is 14.3 Å². The van der Waals surface area contributed by atoms with Crippen LogP contribution in [0.15, 0.2) is 24.3 Å². The van der Waals surface area contributed by atoms with Crippen molar-refractivity contribution in [1.82, 2.24) is 0 Å². The Morgan fingerprint density at radius 3 is 2.71 bits per heavy atom. The maximum Gasteiger partial charge on any atom is 0.411 e. The summed E-state index contributed by atoms with van der Waals surface area (Å²) in [5.41, 5.74) is 0.855. The molecule has 0 unspecified atom stereocenters. The van der Waals surface area contributed by atoms with E-state index >= 15 is 0 Å². The van der Waals surface area contributed by atoms with Crippen LogP contribution in [0.4, 0.5) is 10.5 Å². The number of carbonyl (C=O) groups excluding carboxylic acids is 2. The molecule has 0 saturated heterocycles. The van der Waals surface area contributed by atoms with E-state index in [4.69, 9.17) is 34.8 Å². The Morgan fingerprint density at radius 2 is 2.12 bits per heavy atom. The maximum atomic E-state index is 11.3. The van der Waals surface area contributed by atoms with Crippen molar-refractivity contribution in [2.24, 2.45) is 0 Å². The lowest BCUT2D eigenvalue weighted by Gasteiger charge is -2.12. The van der Waals surface area contributed by atoms with Gasteiger partial charge < -0.3 is 4.74 Å². The lowest BCUT2D eigenvalue weighted by Crippen LogP contribution is -2.21. The second-order valence-electron chi connectivity index (χ2n) is 3.06. The number of hydrogen-bond donors (Lipinski definition) is 1. The van der Waals surface area contributed by atoms with Gasteiger partial charge in [0.05, 0.1) is 0 Å². The highest BCUT2D eigenvalue weighted by atomic mass is 35.6. The quantitative estimate of drug-likeness (QED) is 0.687. The topological polar surface area (TPSA) is 55.4 Å². The van der Waals surface area contributed by atoms with Gasteiger partial charge in [0.15, 0.2) is 0 Å². The first-order valence-electron chi connectivity index (χ1n) is 4.46. The molecule has 0 heterocycles. The predicted molar refractivity (Wildman–Crippen MR) is 67.1 cm³/mol. The van der Waals surface area contributed by atoms with Gasteiger partial charge in [0.25, 0.3) is 0 Å². The molecule has 1 aromatic rings. The molecule has 0 radical (unpaired) electrons. The summed E-state index contributed by atoms with van der Waals surface area (Å²) in [7, 11) is 0. The predicted octanol–water partition coefficient (Wildman–Crippen LogP) is 3.42. The molecule has 4 nitrogen and oxygen atoms in total. The highest BCUT2D eigenvalue weighted by Gasteiger charge is 2.22. The van der Waals surface area contributed by atoms with Crippen LogP contribution in [0, 0.1) is 0 Å². The van der Waals surface area contributed by atoms with Crippen molar-refractivity contribution in [1.29, 1.82) is 0 Å². The zero-order chi connectivity index (χ0) is 12.9. The van der Waals surface area contributed by atoms with Crippen molar-refractivity contribution in [3.05, 3.63) is 29.8 Å². The smallest absolute Gasteiger partial charge is 0.411 e. The fourth-order valence-electron chi connectivity index (χ4n) is 0.991. The van der Waals surface area contributed by atoms with E-state index in [0.717, 1.165) is 0 Å². The van der Waals surface area contributed by atoms with E-state index in [1.807, 2.05) is 0 Å². The molecule has 0 atom stereocenters. The molecular formula is C10H8Cl3NO3. The van der Waals surface area contributed by atoms with E-state index in [1.54, 1.807) is 18.2 Å². The second kappa shape index (κ2) is 6.10. The van der Waals surface area contributed by atoms with Crippen LogP contribution < -0.4 is 5.32 Å². The molecular weight excluding hydrogens is 288 g/mol. The number of hydrogen-bond acceptors (Lipinski definition) is 3. The van der Waals surface area contributed by atoms with Gasteiger partial charge in [-0.2, -0.15) is 0 Å². The number of carbonyl (C=O) groups is 2. The summed E-state index contributed by atoms with van der Waals surface area (Å²) in [6, 6.07) is 6.31. The van der Waals surface area contributed by atoms with Crippen molar-refractivity contribution >= 4 is 52.9 Å². The average molecular weight is 297 g/mol. The molecule has 0 aliphatic heterocycles. The first kappa shape index (κ1) is 14.1. The number of ether oxygens (including phenoxy) is 1. The summed E-state index contributed by atoms with van der Waals surface area (Å²) >= 11 is 16.2. The largest absolute Gasteiger partial charge is 0.445 e. The molecule has 0 aliphatic carbocycles. The summed E-state index contributed by atoms with van der Waals surface area (Å²) in [6.45, 7) is -0.364. The minimum absolute atomic E-state index is 0.364. The minimum Gasteiger partial charge on any atom is -0.445 e. The SMILES string of the molecule is O=Cc1cccc(NC(=O)OCC(Cl)(Cl)Cl)c1. The van der Waals surface area contributed by atoms with Gasteiger partial charge in [0, 0.05) is 11.3 Å². The van der Waals surface area contributed by atoms with Gasteiger partial charge in [-0.1, -0.05) is 46.9 Å². The Morgan fingerprint density at radius 1 is 1.41 bits per heavy atom. The molecule has 7 heteroatoms. The molecule has 1 amide bonds.